The zero-order chi connectivity index (χ0) is 19.3. The van der Waals surface area contributed by atoms with E-state index in [1.807, 2.05) is 23.1 Å². The molecule has 2 fully saturated rings. The molecule has 0 unspecified atom stereocenters. The molecule has 5 rings (SSSR count). The number of hydrogen-bond acceptors (Lipinski definition) is 5. The summed E-state index contributed by atoms with van der Waals surface area (Å²) in [7, 11) is 0. The maximum absolute atomic E-state index is 13.2. The third-order valence-corrected chi connectivity index (χ3v) is 5.37. The fourth-order valence-electron chi connectivity index (χ4n) is 3.71. The number of anilines is 1. The largest absolute Gasteiger partial charge is 0.355 e. The second-order valence-corrected chi connectivity index (χ2v) is 7.55. The van der Waals surface area contributed by atoms with Crippen molar-refractivity contribution in [3.8, 4) is 0 Å². The zero-order valence-electron chi connectivity index (χ0n) is 15.1. The molecule has 2 aromatic heterocycles. The molecule has 1 aromatic carbocycles. The first kappa shape index (κ1) is 17.2. The number of alkyl halides is 2. The van der Waals surface area contributed by atoms with Gasteiger partial charge in [-0.15, -0.1) is 0 Å². The number of rotatable bonds is 5. The Morgan fingerprint density at radius 3 is 2.61 bits per heavy atom. The van der Waals surface area contributed by atoms with Gasteiger partial charge < -0.3 is 4.90 Å². The molecule has 1 aliphatic heterocycles. The van der Waals surface area contributed by atoms with Crippen molar-refractivity contribution in [2.45, 2.75) is 31.7 Å². The number of hydrogen-bond donors (Lipinski definition) is 0. The smallest absolute Gasteiger partial charge is 0.297 e. The maximum Gasteiger partial charge on any atom is 0.297 e. The van der Waals surface area contributed by atoms with Gasteiger partial charge in [0.05, 0.1) is 17.8 Å². The number of benzene rings is 1. The summed E-state index contributed by atoms with van der Waals surface area (Å²) in [6.45, 7) is 1.82. The fourth-order valence-corrected chi connectivity index (χ4v) is 3.71. The minimum Gasteiger partial charge on any atom is -0.355 e. The number of para-hydroxylation sites is 1. The molecule has 1 aliphatic carbocycles. The molecule has 28 heavy (non-hydrogen) atoms. The highest BCUT2D eigenvalue weighted by Gasteiger charge is 2.31. The molecular weight excluding hydrogens is 364 g/mol. The average Bonchev–Trinajstić information content (AvgIpc) is 3.50. The van der Waals surface area contributed by atoms with E-state index < -0.39 is 12.2 Å². The molecule has 3 aromatic rings. The molecule has 0 radical (unpaired) electrons. The van der Waals surface area contributed by atoms with E-state index in [1.54, 1.807) is 22.9 Å². The van der Waals surface area contributed by atoms with Gasteiger partial charge in [0.2, 0.25) is 0 Å². The second kappa shape index (κ2) is 6.61. The van der Waals surface area contributed by atoms with Crippen LogP contribution in [0.3, 0.4) is 0 Å². The summed E-state index contributed by atoms with van der Waals surface area (Å²) < 4.78 is 27.9. The van der Waals surface area contributed by atoms with Gasteiger partial charge in [0.1, 0.15) is 5.82 Å². The van der Waals surface area contributed by atoms with Gasteiger partial charge in [0.25, 0.3) is 12.0 Å². The van der Waals surface area contributed by atoms with Crippen LogP contribution in [0.5, 0.6) is 0 Å². The van der Waals surface area contributed by atoms with Gasteiger partial charge in [-0.1, -0.05) is 12.1 Å². The fraction of sp³-hybridized carbons (Fsp3) is 0.400. The van der Waals surface area contributed by atoms with E-state index in [1.165, 1.54) is 0 Å². The Hall–Kier alpha value is -2.90. The quantitative estimate of drug-likeness (QED) is 0.677. The van der Waals surface area contributed by atoms with E-state index in [2.05, 4.69) is 15.1 Å². The molecule has 6 nitrogen and oxygen atoms in total. The van der Waals surface area contributed by atoms with Crippen molar-refractivity contribution in [3.05, 3.63) is 58.3 Å². The van der Waals surface area contributed by atoms with Crippen molar-refractivity contribution in [3.63, 3.8) is 0 Å². The van der Waals surface area contributed by atoms with Crippen LogP contribution in [0.15, 0.2) is 41.2 Å². The van der Waals surface area contributed by atoms with Crippen LogP contribution in [0.1, 0.15) is 36.7 Å². The van der Waals surface area contributed by atoms with E-state index in [-0.39, 0.29) is 11.5 Å². The van der Waals surface area contributed by atoms with Gasteiger partial charge in [0.15, 0.2) is 5.82 Å². The Balaban J connectivity index is 1.36. The molecule has 0 bridgehead atoms. The van der Waals surface area contributed by atoms with E-state index in [9.17, 15) is 13.6 Å². The molecule has 8 heteroatoms. The van der Waals surface area contributed by atoms with E-state index >= 15 is 0 Å². The van der Waals surface area contributed by atoms with E-state index in [0.29, 0.717) is 36.9 Å². The lowest BCUT2D eigenvalue weighted by Gasteiger charge is -2.40. The Bertz CT molecular complexity index is 1090. The van der Waals surface area contributed by atoms with Crippen LogP contribution in [0.4, 0.5) is 14.6 Å². The highest BCUT2D eigenvalue weighted by molar-refractivity contribution is 5.89. The van der Waals surface area contributed by atoms with E-state index in [0.717, 1.165) is 23.9 Å². The van der Waals surface area contributed by atoms with Gasteiger partial charge in [-0.2, -0.15) is 5.10 Å². The minimum atomic E-state index is -2.71. The molecule has 0 N–H and O–H groups in total. The summed E-state index contributed by atoms with van der Waals surface area (Å²) in [4.78, 5) is 22.2. The molecular formula is C20H19F2N5O. The van der Waals surface area contributed by atoms with Crippen LogP contribution in [0, 0.1) is 5.92 Å². The van der Waals surface area contributed by atoms with Gasteiger partial charge in [-0.05, 0) is 31.0 Å². The molecule has 3 heterocycles. The number of nitrogens with zero attached hydrogens (tertiary/aromatic N) is 5. The van der Waals surface area contributed by atoms with Crippen molar-refractivity contribution in [1.82, 2.24) is 19.7 Å². The first-order chi connectivity index (χ1) is 13.6. The Morgan fingerprint density at radius 2 is 1.86 bits per heavy atom. The Morgan fingerprint density at radius 1 is 1.07 bits per heavy atom. The standard InChI is InChI=1S/C20H19F2N5O/c21-18(22)19-23-16-4-2-1-3-14(16)20(24-19)26-9-12(10-26)11-27-17(28)8-7-15(25-27)13-5-6-13/h1-4,7-8,12-13,18H,5-6,9-11H2. The summed E-state index contributed by atoms with van der Waals surface area (Å²) in [5.41, 5.74) is 1.40. The molecule has 2 aliphatic rings. The second-order valence-electron chi connectivity index (χ2n) is 7.55. The Kier molecular flexibility index (Phi) is 4.07. The maximum atomic E-state index is 13.2. The SMILES string of the molecule is O=c1ccc(C2CC2)nn1CC1CN(c2nc(C(F)F)nc3ccccc23)C1. The summed E-state index contributed by atoms with van der Waals surface area (Å²) in [6, 6.07) is 10.6. The van der Waals surface area contributed by atoms with Crippen molar-refractivity contribution in [2.24, 2.45) is 5.92 Å². The van der Waals surface area contributed by atoms with Gasteiger partial charge in [-0.3, -0.25) is 4.79 Å². The summed E-state index contributed by atoms with van der Waals surface area (Å²) in [5.74, 6) is 0.796. The predicted octanol–water partition coefficient (Wildman–Crippen LogP) is 3.14. The molecule has 0 atom stereocenters. The van der Waals surface area contributed by atoms with Crippen LogP contribution in [-0.2, 0) is 6.54 Å². The monoisotopic (exact) mass is 383 g/mol. The van der Waals surface area contributed by atoms with Crippen LogP contribution < -0.4 is 10.5 Å². The topological polar surface area (TPSA) is 63.9 Å². The summed E-state index contributed by atoms with van der Waals surface area (Å²) in [6.07, 6.45) is -0.445. The lowest BCUT2D eigenvalue weighted by atomic mass is 9.99. The highest BCUT2D eigenvalue weighted by Crippen LogP contribution is 2.38. The highest BCUT2D eigenvalue weighted by atomic mass is 19.3. The first-order valence-electron chi connectivity index (χ1n) is 9.46. The molecule has 1 saturated heterocycles. The molecule has 0 amide bonds. The van der Waals surface area contributed by atoms with Crippen LogP contribution >= 0.6 is 0 Å². The summed E-state index contributed by atoms with van der Waals surface area (Å²) in [5, 5.41) is 5.26. The first-order valence-corrected chi connectivity index (χ1v) is 9.46. The van der Waals surface area contributed by atoms with Gasteiger partial charge in [-0.25, -0.2) is 23.4 Å². The van der Waals surface area contributed by atoms with Crippen LogP contribution in [0.25, 0.3) is 10.9 Å². The predicted molar refractivity (Wildman–Crippen MR) is 101 cm³/mol. The number of aromatic nitrogens is 4. The van der Waals surface area contributed by atoms with Crippen LogP contribution in [-0.4, -0.2) is 32.8 Å². The normalized spacial score (nSPS) is 17.3. The zero-order valence-corrected chi connectivity index (χ0v) is 15.1. The van der Waals surface area contributed by atoms with Crippen molar-refractivity contribution in [1.29, 1.82) is 0 Å². The number of halogens is 2. The summed E-state index contributed by atoms with van der Waals surface area (Å²) >= 11 is 0. The van der Waals surface area contributed by atoms with Crippen LogP contribution in [0.2, 0.25) is 0 Å². The molecule has 144 valence electrons. The van der Waals surface area contributed by atoms with Gasteiger partial charge >= 0.3 is 0 Å². The van der Waals surface area contributed by atoms with E-state index in [4.69, 9.17) is 0 Å². The third kappa shape index (κ3) is 3.12. The van der Waals surface area contributed by atoms with Crippen molar-refractivity contribution >= 4 is 16.7 Å². The minimum absolute atomic E-state index is 0.102. The third-order valence-electron chi connectivity index (χ3n) is 5.37. The van der Waals surface area contributed by atoms with Crippen molar-refractivity contribution < 1.29 is 8.78 Å². The van der Waals surface area contributed by atoms with Crippen molar-refractivity contribution in [2.75, 3.05) is 18.0 Å². The lowest BCUT2D eigenvalue weighted by molar-refractivity contribution is 0.140. The molecule has 0 spiro atoms. The van der Waals surface area contributed by atoms with Gasteiger partial charge in [0, 0.05) is 36.4 Å². The molecule has 1 saturated carbocycles. The number of fused-ring (bicyclic) bond motifs is 1. The Labute approximate surface area is 159 Å². The lowest BCUT2D eigenvalue weighted by Crippen LogP contribution is -2.50. The average molecular weight is 383 g/mol.